The monoisotopic (exact) mass is 448 g/mol. The number of carbonyl (C=O) groups excluding carboxylic acids is 1. The van der Waals surface area contributed by atoms with E-state index in [0.717, 1.165) is 12.0 Å². The Hall–Kier alpha value is -2.78. The van der Waals surface area contributed by atoms with E-state index in [1.807, 2.05) is 32.0 Å². The van der Waals surface area contributed by atoms with Crippen LogP contribution in [0.5, 0.6) is 17.2 Å². The lowest BCUT2D eigenvalue weighted by atomic mass is 10.1. The zero-order chi connectivity index (χ0) is 22.3. The number of hydrogen-bond donors (Lipinski definition) is 2. The summed E-state index contributed by atoms with van der Waals surface area (Å²) in [7, 11) is -3.70. The largest absolute Gasteiger partial charge is 0.494 e. The Morgan fingerprint density at radius 1 is 1.10 bits per heavy atom. The Balaban J connectivity index is 1.50. The van der Waals surface area contributed by atoms with E-state index in [0.29, 0.717) is 37.1 Å². The van der Waals surface area contributed by atoms with Gasteiger partial charge in [-0.1, -0.05) is 6.07 Å². The summed E-state index contributed by atoms with van der Waals surface area (Å²) in [6, 6.07) is 11.5. The van der Waals surface area contributed by atoms with Crippen LogP contribution in [0.1, 0.15) is 38.3 Å². The Kier molecular flexibility index (Phi) is 7.75. The van der Waals surface area contributed by atoms with E-state index < -0.39 is 10.0 Å². The fourth-order valence-electron chi connectivity index (χ4n) is 3.11. The number of amides is 1. The van der Waals surface area contributed by atoms with Crippen LogP contribution in [0, 0.1) is 0 Å². The van der Waals surface area contributed by atoms with Crippen LogP contribution in [0.15, 0.2) is 47.4 Å². The van der Waals surface area contributed by atoms with Crippen molar-refractivity contribution >= 4 is 15.9 Å². The molecule has 1 amide bonds. The molecule has 0 bridgehead atoms. The van der Waals surface area contributed by atoms with E-state index in [2.05, 4.69) is 10.0 Å². The first kappa shape index (κ1) is 22.9. The third kappa shape index (κ3) is 6.35. The number of nitrogens with one attached hydrogen (secondary N) is 2. The number of ether oxygens (including phenoxy) is 3. The number of hydrogen-bond acceptors (Lipinski definition) is 6. The summed E-state index contributed by atoms with van der Waals surface area (Å²) in [4.78, 5) is 12.4. The molecule has 1 atom stereocenters. The molecule has 31 heavy (non-hydrogen) atoms. The summed E-state index contributed by atoms with van der Waals surface area (Å²) in [6.07, 6.45) is 0.841. The molecule has 9 heteroatoms. The van der Waals surface area contributed by atoms with Crippen molar-refractivity contribution < 1.29 is 27.4 Å². The molecule has 0 spiro atoms. The number of carbonyl (C=O) groups is 1. The van der Waals surface area contributed by atoms with E-state index in [9.17, 15) is 13.2 Å². The smallest absolute Gasteiger partial charge is 0.240 e. The van der Waals surface area contributed by atoms with Gasteiger partial charge in [-0.05, 0) is 55.8 Å². The van der Waals surface area contributed by atoms with Gasteiger partial charge in [0.25, 0.3) is 0 Å². The minimum Gasteiger partial charge on any atom is -0.494 e. The predicted octanol–water partition coefficient (Wildman–Crippen LogP) is 2.79. The first-order valence-electron chi connectivity index (χ1n) is 10.3. The zero-order valence-electron chi connectivity index (χ0n) is 17.7. The topological polar surface area (TPSA) is 103 Å². The van der Waals surface area contributed by atoms with Crippen molar-refractivity contribution in [2.45, 2.75) is 37.6 Å². The maximum atomic E-state index is 12.4. The molecule has 2 aromatic rings. The highest BCUT2D eigenvalue weighted by Crippen LogP contribution is 2.32. The predicted molar refractivity (Wildman–Crippen MR) is 116 cm³/mol. The summed E-state index contributed by atoms with van der Waals surface area (Å²) >= 11 is 0. The highest BCUT2D eigenvalue weighted by atomic mass is 32.2. The third-order valence-corrected chi connectivity index (χ3v) is 6.22. The average molecular weight is 449 g/mol. The van der Waals surface area contributed by atoms with Gasteiger partial charge < -0.3 is 19.5 Å². The second-order valence-electron chi connectivity index (χ2n) is 7.10. The molecule has 8 nitrogen and oxygen atoms in total. The van der Waals surface area contributed by atoms with Gasteiger partial charge in [0.05, 0.1) is 30.8 Å². The van der Waals surface area contributed by atoms with Crippen molar-refractivity contribution in [2.75, 3.05) is 26.4 Å². The first-order valence-corrected chi connectivity index (χ1v) is 11.8. The summed E-state index contributed by atoms with van der Waals surface area (Å²) in [6.45, 7) is 5.42. The number of rotatable bonds is 9. The van der Waals surface area contributed by atoms with Crippen LogP contribution in [0.2, 0.25) is 0 Å². The molecule has 1 unspecified atom stereocenters. The summed E-state index contributed by atoms with van der Waals surface area (Å²) in [5.74, 6) is 1.71. The average Bonchev–Trinajstić information content (AvgIpc) is 2.99. The maximum absolute atomic E-state index is 12.4. The molecule has 1 heterocycles. The lowest BCUT2D eigenvalue weighted by molar-refractivity contribution is -0.121. The summed E-state index contributed by atoms with van der Waals surface area (Å²) in [5, 5.41) is 2.88. The molecular formula is C22H28N2O6S. The molecule has 0 aliphatic carbocycles. The number of sulfonamides is 1. The van der Waals surface area contributed by atoms with Crippen LogP contribution in [0.3, 0.4) is 0 Å². The maximum Gasteiger partial charge on any atom is 0.240 e. The number of fused-ring (bicyclic) bond motifs is 1. The Morgan fingerprint density at radius 3 is 2.52 bits per heavy atom. The summed E-state index contributed by atoms with van der Waals surface area (Å²) in [5.41, 5.74) is 0.882. The van der Waals surface area contributed by atoms with Gasteiger partial charge in [-0.15, -0.1) is 0 Å². The summed E-state index contributed by atoms with van der Waals surface area (Å²) < 4.78 is 43.8. The fourth-order valence-corrected chi connectivity index (χ4v) is 4.14. The van der Waals surface area contributed by atoms with Gasteiger partial charge in [-0.3, -0.25) is 4.79 Å². The van der Waals surface area contributed by atoms with Crippen molar-refractivity contribution in [3.63, 3.8) is 0 Å². The molecule has 1 aliphatic heterocycles. The molecule has 1 aliphatic rings. The Labute approximate surface area is 182 Å². The Bertz CT molecular complexity index is 992. The highest BCUT2D eigenvalue weighted by molar-refractivity contribution is 7.89. The first-order chi connectivity index (χ1) is 14.9. The SMILES string of the molecule is CCOc1ccc(S(=O)(=O)NCCC(=O)NC(C)c2ccc3c(c2)OCCCO3)cc1. The molecule has 2 aromatic carbocycles. The van der Waals surface area contributed by atoms with E-state index in [1.54, 1.807) is 12.1 Å². The molecule has 3 rings (SSSR count). The van der Waals surface area contributed by atoms with Crippen molar-refractivity contribution in [1.82, 2.24) is 10.0 Å². The standard InChI is InChI=1S/C22H28N2O6S/c1-3-28-18-6-8-19(9-7-18)31(26,27)23-12-11-22(25)24-16(2)17-5-10-20-21(15-17)30-14-4-13-29-20/h5-10,15-16,23H,3-4,11-14H2,1-2H3,(H,24,25). The normalized spacial score (nSPS) is 14.4. The van der Waals surface area contributed by atoms with Gasteiger partial charge in [-0.2, -0.15) is 0 Å². The van der Waals surface area contributed by atoms with Gasteiger partial charge in [0, 0.05) is 19.4 Å². The van der Waals surface area contributed by atoms with Crippen LogP contribution in [0.4, 0.5) is 0 Å². The van der Waals surface area contributed by atoms with Crippen LogP contribution in [0.25, 0.3) is 0 Å². The molecular weight excluding hydrogens is 420 g/mol. The van der Waals surface area contributed by atoms with E-state index >= 15 is 0 Å². The zero-order valence-corrected chi connectivity index (χ0v) is 18.5. The number of benzene rings is 2. The minimum absolute atomic E-state index is 0.00473. The molecule has 0 saturated carbocycles. The van der Waals surface area contributed by atoms with Crippen molar-refractivity contribution in [2.24, 2.45) is 0 Å². The second kappa shape index (κ2) is 10.5. The van der Waals surface area contributed by atoms with Gasteiger partial charge >= 0.3 is 0 Å². The quantitative estimate of drug-likeness (QED) is 0.612. The van der Waals surface area contributed by atoms with Gasteiger partial charge in [0.2, 0.25) is 15.9 Å². The molecule has 2 N–H and O–H groups in total. The van der Waals surface area contributed by atoms with Crippen LogP contribution >= 0.6 is 0 Å². The van der Waals surface area contributed by atoms with E-state index in [-0.39, 0.29) is 29.8 Å². The molecule has 0 fully saturated rings. The molecule has 0 radical (unpaired) electrons. The van der Waals surface area contributed by atoms with Gasteiger partial charge in [-0.25, -0.2) is 13.1 Å². The molecule has 168 valence electrons. The van der Waals surface area contributed by atoms with Crippen LogP contribution < -0.4 is 24.2 Å². The van der Waals surface area contributed by atoms with Crippen LogP contribution in [-0.4, -0.2) is 40.7 Å². The lowest BCUT2D eigenvalue weighted by Gasteiger charge is -2.16. The van der Waals surface area contributed by atoms with Crippen molar-refractivity contribution in [1.29, 1.82) is 0 Å². The molecule has 0 saturated heterocycles. The fraction of sp³-hybridized carbons (Fsp3) is 0.409. The molecule has 0 aromatic heterocycles. The third-order valence-electron chi connectivity index (χ3n) is 4.74. The van der Waals surface area contributed by atoms with Gasteiger partial charge in [0.1, 0.15) is 5.75 Å². The second-order valence-corrected chi connectivity index (χ2v) is 8.86. The highest BCUT2D eigenvalue weighted by Gasteiger charge is 2.17. The minimum atomic E-state index is -3.70. The van der Waals surface area contributed by atoms with Gasteiger partial charge in [0.15, 0.2) is 11.5 Å². The van der Waals surface area contributed by atoms with E-state index in [4.69, 9.17) is 14.2 Å². The lowest BCUT2D eigenvalue weighted by Crippen LogP contribution is -2.32. The van der Waals surface area contributed by atoms with Crippen molar-refractivity contribution in [3.05, 3.63) is 48.0 Å². The van der Waals surface area contributed by atoms with E-state index in [1.165, 1.54) is 12.1 Å². The Morgan fingerprint density at radius 2 is 1.81 bits per heavy atom. The van der Waals surface area contributed by atoms with Crippen LogP contribution in [-0.2, 0) is 14.8 Å². The van der Waals surface area contributed by atoms with Crippen molar-refractivity contribution in [3.8, 4) is 17.2 Å².